The van der Waals surface area contributed by atoms with E-state index in [1.807, 2.05) is 0 Å². The standard InChI is InChI=1S/C7H15NOS/c1-7(2)6-10(9)5-4-8(7)3/h4-6H2,1-3H3. The molecular formula is C7H15NOS. The minimum absolute atomic E-state index is 0.142. The van der Waals surface area contributed by atoms with Gasteiger partial charge in [0.25, 0.3) is 0 Å². The molecule has 1 atom stereocenters. The van der Waals surface area contributed by atoms with Crippen LogP contribution in [-0.2, 0) is 10.8 Å². The summed E-state index contributed by atoms with van der Waals surface area (Å²) in [5, 5.41) is 0. The Morgan fingerprint density at radius 3 is 2.50 bits per heavy atom. The van der Waals surface area contributed by atoms with E-state index in [-0.39, 0.29) is 5.54 Å². The third kappa shape index (κ3) is 1.58. The van der Waals surface area contributed by atoms with Crippen LogP contribution in [0, 0.1) is 0 Å². The van der Waals surface area contributed by atoms with Crippen molar-refractivity contribution < 1.29 is 4.21 Å². The van der Waals surface area contributed by atoms with Crippen molar-refractivity contribution in [3.63, 3.8) is 0 Å². The van der Waals surface area contributed by atoms with Gasteiger partial charge in [-0.1, -0.05) is 0 Å². The first-order valence-corrected chi connectivity index (χ1v) is 5.07. The van der Waals surface area contributed by atoms with E-state index in [1.165, 1.54) is 0 Å². The number of hydrogen-bond donors (Lipinski definition) is 0. The van der Waals surface area contributed by atoms with Crippen LogP contribution in [0.2, 0.25) is 0 Å². The third-order valence-electron chi connectivity index (χ3n) is 2.20. The molecule has 0 spiro atoms. The summed E-state index contributed by atoms with van der Waals surface area (Å²) in [5.74, 6) is 1.67. The molecule has 1 aliphatic rings. The second-order valence-corrected chi connectivity index (χ2v) is 5.10. The number of rotatable bonds is 0. The van der Waals surface area contributed by atoms with Crippen molar-refractivity contribution >= 4 is 10.8 Å². The highest BCUT2D eigenvalue weighted by atomic mass is 32.2. The zero-order chi connectivity index (χ0) is 7.78. The van der Waals surface area contributed by atoms with Crippen LogP contribution in [0.25, 0.3) is 0 Å². The Morgan fingerprint density at radius 1 is 1.50 bits per heavy atom. The molecule has 0 aromatic rings. The van der Waals surface area contributed by atoms with E-state index < -0.39 is 10.8 Å². The minimum atomic E-state index is -0.572. The molecule has 10 heavy (non-hydrogen) atoms. The van der Waals surface area contributed by atoms with Gasteiger partial charge in [0.1, 0.15) is 0 Å². The van der Waals surface area contributed by atoms with Crippen LogP contribution in [0.15, 0.2) is 0 Å². The fourth-order valence-electron chi connectivity index (χ4n) is 1.12. The molecule has 2 nitrogen and oxygen atoms in total. The Bertz CT molecular complexity index is 156. The van der Waals surface area contributed by atoms with Crippen molar-refractivity contribution in [2.24, 2.45) is 0 Å². The van der Waals surface area contributed by atoms with Crippen molar-refractivity contribution in [2.75, 3.05) is 25.1 Å². The van der Waals surface area contributed by atoms with E-state index in [0.717, 1.165) is 18.1 Å². The van der Waals surface area contributed by atoms with Crippen LogP contribution >= 0.6 is 0 Å². The Balaban J connectivity index is 2.63. The Morgan fingerprint density at radius 2 is 2.10 bits per heavy atom. The van der Waals surface area contributed by atoms with Gasteiger partial charge in [-0.2, -0.15) is 0 Å². The first-order valence-electron chi connectivity index (χ1n) is 3.58. The lowest BCUT2D eigenvalue weighted by molar-refractivity contribution is 0.182. The molecule has 1 rings (SSSR count). The van der Waals surface area contributed by atoms with Gasteiger partial charge in [-0.3, -0.25) is 9.11 Å². The summed E-state index contributed by atoms with van der Waals surface area (Å²) in [6.07, 6.45) is 0. The molecule has 60 valence electrons. The lowest BCUT2D eigenvalue weighted by Crippen LogP contribution is -2.51. The molecule has 0 amide bonds. The summed E-state index contributed by atoms with van der Waals surface area (Å²) >= 11 is 0. The second kappa shape index (κ2) is 2.62. The van der Waals surface area contributed by atoms with Crippen LogP contribution in [0.4, 0.5) is 0 Å². The van der Waals surface area contributed by atoms with Gasteiger partial charge in [0.15, 0.2) is 0 Å². The predicted octanol–water partition coefficient (Wildman–Crippen LogP) is 0.459. The zero-order valence-electron chi connectivity index (χ0n) is 6.89. The van der Waals surface area contributed by atoms with Crippen LogP contribution in [0.5, 0.6) is 0 Å². The fraction of sp³-hybridized carbons (Fsp3) is 1.00. The topological polar surface area (TPSA) is 20.3 Å². The smallest absolute Gasteiger partial charge is 0.0414 e. The van der Waals surface area contributed by atoms with Gasteiger partial charge >= 0.3 is 0 Å². The maximum atomic E-state index is 11.1. The van der Waals surface area contributed by atoms with Crippen molar-refractivity contribution in [3.8, 4) is 0 Å². The van der Waals surface area contributed by atoms with Crippen molar-refractivity contribution in [1.29, 1.82) is 0 Å². The van der Waals surface area contributed by atoms with Gasteiger partial charge in [0.05, 0.1) is 0 Å². The molecule has 0 aromatic carbocycles. The second-order valence-electron chi connectivity index (χ2n) is 3.52. The maximum Gasteiger partial charge on any atom is 0.0414 e. The molecule has 0 radical (unpaired) electrons. The SMILES string of the molecule is CN1CCS(=O)CC1(C)C. The Hall–Kier alpha value is 0.110. The van der Waals surface area contributed by atoms with Crippen molar-refractivity contribution in [2.45, 2.75) is 19.4 Å². The molecule has 1 heterocycles. The van der Waals surface area contributed by atoms with Gasteiger partial charge in [-0.05, 0) is 20.9 Å². The Kier molecular flexibility index (Phi) is 2.15. The molecule has 1 unspecified atom stereocenters. The average Bonchev–Trinajstić information content (AvgIpc) is 1.78. The first kappa shape index (κ1) is 8.21. The molecule has 0 saturated carbocycles. The quantitative estimate of drug-likeness (QED) is 0.514. The van der Waals surface area contributed by atoms with Gasteiger partial charge in [-0.25, -0.2) is 0 Å². The van der Waals surface area contributed by atoms with Crippen LogP contribution in [-0.4, -0.2) is 39.7 Å². The molecule has 0 aliphatic carbocycles. The number of hydrogen-bond acceptors (Lipinski definition) is 2. The van der Waals surface area contributed by atoms with Gasteiger partial charge < -0.3 is 0 Å². The van der Waals surface area contributed by atoms with Crippen LogP contribution in [0.3, 0.4) is 0 Å². The molecule has 0 N–H and O–H groups in total. The fourth-order valence-corrected chi connectivity index (χ4v) is 2.75. The summed E-state index contributed by atoms with van der Waals surface area (Å²) in [6.45, 7) is 5.26. The molecule has 0 aromatic heterocycles. The molecule has 0 bridgehead atoms. The van der Waals surface area contributed by atoms with E-state index in [9.17, 15) is 4.21 Å². The molecular weight excluding hydrogens is 146 g/mol. The summed E-state index contributed by atoms with van der Waals surface area (Å²) in [6, 6.07) is 0. The van der Waals surface area contributed by atoms with E-state index in [0.29, 0.717) is 0 Å². The van der Waals surface area contributed by atoms with Crippen molar-refractivity contribution in [1.82, 2.24) is 4.90 Å². The third-order valence-corrected chi connectivity index (χ3v) is 3.87. The lowest BCUT2D eigenvalue weighted by atomic mass is 10.1. The maximum absolute atomic E-state index is 11.1. The van der Waals surface area contributed by atoms with E-state index in [1.54, 1.807) is 0 Å². The summed E-state index contributed by atoms with van der Waals surface area (Å²) < 4.78 is 11.1. The minimum Gasteiger partial charge on any atom is -0.299 e. The van der Waals surface area contributed by atoms with Crippen LogP contribution < -0.4 is 0 Å². The largest absolute Gasteiger partial charge is 0.299 e. The summed E-state index contributed by atoms with van der Waals surface area (Å²) in [4.78, 5) is 2.27. The van der Waals surface area contributed by atoms with Gasteiger partial charge in [0.2, 0.25) is 0 Å². The highest BCUT2D eigenvalue weighted by Gasteiger charge is 2.29. The molecule has 3 heteroatoms. The summed E-state index contributed by atoms with van der Waals surface area (Å²) in [7, 11) is 1.52. The van der Waals surface area contributed by atoms with E-state index in [4.69, 9.17) is 0 Å². The summed E-state index contributed by atoms with van der Waals surface area (Å²) in [5.41, 5.74) is 0.142. The van der Waals surface area contributed by atoms with Crippen LogP contribution in [0.1, 0.15) is 13.8 Å². The van der Waals surface area contributed by atoms with Gasteiger partial charge in [-0.15, -0.1) is 0 Å². The highest BCUT2D eigenvalue weighted by molar-refractivity contribution is 7.85. The van der Waals surface area contributed by atoms with Crippen molar-refractivity contribution in [3.05, 3.63) is 0 Å². The monoisotopic (exact) mass is 161 g/mol. The molecule has 1 fully saturated rings. The zero-order valence-corrected chi connectivity index (χ0v) is 7.70. The predicted molar refractivity (Wildman–Crippen MR) is 44.6 cm³/mol. The number of nitrogens with zero attached hydrogens (tertiary/aromatic N) is 1. The Labute approximate surface area is 65.1 Å². The average molecular weight is 161 g/mol. The lowest BCUT2D eigenvalue weighted by Gasteiger charge is -2.38. The molecule has 1 aliphatic heterocycles. The highest BCUT2D eigenvalue weighted by Crippen LogP contribution is 2.17. The molecule has 1 saturated heterocycles. The normalized spacial score (nSPS) is 34.1. The van der Waals surface area contributed by atoms with E-state index >= 15 is 0 Å². The first-order chi connectivity index (χ1) is 4.52. The van der Waals surface area contributed by atoms with E-state index in [2.05, 4.69) is 25.8 Å². The van der Waals surface area contributed by atoms with Gasteiger partial charge in [0, 0.05) is 34.4 Å².